The van der Waals surface area contributed by atoms with Crippen molar-refractivity contribution in [2.45, 2.75) is 81.1 Å². The van der Waals surface area contributed by atoms with Crippen LogP contribution in [0.3, 0.4) is 0 Å². The van der Waals surface area contributed by atoms with Crippen molar-refractivity contribution in [3.05, 3.63) is 35.9 Å². The Morgan fingerprint density at radius 2 is 1.87 bits per heavy atom. The van der Waals surface area contributed by atoms with Crippen LogP contribution in [0.4, 0.5) is 0 Å². The van der Waals surface area contributed by atoms with Gasteiger partial charge in [-0.05, 0) is 63.4 Å². The minimum atomic E-state index is -0.784. The molecular weight excluding hydrogens is 394 g/mol. The summed E-state index contributed by atoms with van der Waals surface area (Å²) < 4.78 is 12.1. The molecule has 0 radical (unpaired) electrons. The van der Waals surface area contributed by atoms with E-state index in [1.165, 1.54) is 5.56 Å². The molecule has 172 valence electrons. The van der Waals surface area contributed by atoms with Crippen molar-refractivity contribution < 1.29 is 24.5 Å². The van der Waals surface area contributed by atoms with Gasteiger partial charge in [0.15, 0.2) is 0 Å². The van der Waals surface area contributed by atoms with E-state index in [-0.39, 0.29) is 30.4 Å². The van der Waals surface area contributed by atoms with Gasteiger partial charge >= 0.3 is 0 Å². The highest BCUT2D eigenvalue weighted by molar-refractivity contribution is 5.79. The summed E-state index contributed by atoms with van der Waals surface area (Å²) in [5.74, 6) is 0.311. The molecule has 5 atom stereocenters. The summed E-state index contributed by atoms with van der Waals surface area (Å²) in [6.45, 7) is 3.28. The summed E-state index contributed by atoms with van der Waals surface area (Å²) in [4.78, 5) is 15.0. The molecule has 4 rings (SSSR count). The van der Waals surface area contributed by atoms with Crippen LogP contribution in [0.2, 0.25) is 0 Å². The van der Waals surface area contributed by atoms with E-state index >= 15 is 0 Å². The maximum absolute atomic E-state index is 13.2. The fraction of sp³-hybridized carbons (Fsp3) is 0.720. The third-order valence-corrected chi connectivity index (χ3v) is 7.86. The van der Waals surface area contributed by atoms with Crippen LogP contribution in [0, 0.1) is 5.92 Å². The van der Waals surface area contributed by atoms with Gasteiger partial charge in [-0.15, -0.1) is 0 Å². The van der Waals surface area contributed by atoms with E-state index in [1.807, 2.05) is 20.0 Å². The number of benzene rings is 1. The Morgan fingerprint density at radius 3 is 2.55 bits per heavy atom. The first-order valence-corrected chi connectivity index (χ1v) is 11.8. The van der Waals surface area contributed by atoms with Crippen LogP contribution in [-0.4, -0.2) is 71.2 Å². The smallest absolute Gasteiger partial charge is 0.225 e. The van der Waals surface area contributed by atoms with Gasteiger partial charge in [-0.3, -0.25) is 4.79 Å². The van der Waals surface area contributed by atoms with E-state index in [2.05, 4.69) is 24.3 Å². The van der Waals surface area contributed by atoms with E-state index in [0.29, 0.717) is 32.5 Å². The molecule has 6 heteroatoms. The number of nitrogens with zero attached hydrogens (tertiary/aromatic N) is 1. The molecule has 6 nitrogen and oxygen atoms in total. The number of carbonyl (C=O) groups excluding carboxylic acids is 1. The molecule has 1 aromatic carbocycles. The Balaban J connectivity index is 1.61. The van der Waals surface area contributed by atoms with Crippen LogP contribution < -0.4 is 0 Å². The Kier molecular flexibility index (Phi) is 6.73. The van der Waals surface area contributed by atoms with Crippen LogP contribution >= 0.6 is 0 Å². The molecule has 3 aliphatic heterocycles. The number of carbonyl (C=O) groups is 1. The second-order valence-electron chi connectivity index (χ2n) is 9.97. The van der Waals surface area contributed by atoms with Crippen molar-refractivity contribution in [1.29, 1.82) is 0 Å². The van der Waals surface area contributed by atoms with Crippen LogP contribution in [0.25, 0.3) is 0 Å². The highest BCUT2D eigenvalue weighted by Crippen LogP contribution is 2.51. The minimum Gasteiger partial charge on any atom is -0.396 e. The molecule has 1 amide bonds. The van der Waals surface area contributed by atoms with Gasteiger partial charge in [0.1, 0.15) is 6.10 Å². The number of ether oxygens (including phenoxy) is 2. The first kappa shape index (κ1) is 22.7. The summed E-state index contributed by atoms with van der Waals surface area (Å²) in [5, 5.41) is 21.4. The van der Waals surface area contributed by atoms with Gasteiger partial charge in [-0.2, -0.15) is 0 Å². The van der Waals surface area contributed by atoms with E-state index in [9.17, 15) is 15.0 Å². The quantitative estimate of drug-likeness (QED) is 0.750. The lowest BCUT2D eigenvalue weighted by Gasteiger charge is -2.50. The van der Waals surface area contributed by atoms with Gasteiger partial charge in [0.25, 0.3) is 0 Å². The summed E-state index contributed by atoms with van der Waals surface area (Å²) in [6, 6.07) is 10.1. The molecule has 3 fully saturated rings. The van der Waals surface area contributed by atoms with E-state index in [0.717, 1.165) is 25.7 Å². The average Bonchev–Trinajstić information content (AvgIpc) is 2.86. The molecular formula is C25H37NO5. The van der Waals surface area contributed by atoms with Gasteiger partial charge in [0, 0.05) is 32.8 Å². The molecule has 0 aromatic heterocycles. The van der Waals surface area contributed by atoms with E-state index in [4.69, 9.17) is 9.47 Å². The molecule has 3 aliphatic rings. The predicted octanol–water partition coefficient (Wildman–Crippen LogP) is 2.87. The number of hydrogen-bond acceptors (Lipinski definition) is 5. The van der Waals surface area contributed by atoms with Gasteiger partial charge in [-0.25, -0.2) is 0 Å². The number of likely N-dealkylation sites (N-methyl/N-ethyl adjacent to an activating group) is 1. The predicted molar refractivity (Wildman–Crippen MR) is 118 cm³/mol. The topological polar surface area (TPSA) is 79.2 Å². The second-order valence-corrected chi connectivity index (χ2v) is 9.97. The monoisotopic (exact) mass is 431 g/mol. The largest absolute Gasteiger partial charge is 0.396 e. The summed E-state index contributed by atoms with van der Waals surface area (Å²) in [6.07, 6.45) is 4.15. The highest BCUT2D eigenvalue weighted by atomic mass is 16.5. The summed E-state index contributed by atoms with van der Waals surface area (Å²) in [7, 11) is 1.83. The Morgan fingerprint density at radius 1 is 1.16 bits per heavy atom. The van der Waals surface area contributed by atoms with Crippen molar-refractivity contribution in [2.24, 2.45) is 5.92 Å². The van der Waals surface area contributed by atoms with Crippen molar-refractivity contribution in [1.82, 2.24) is 4.90 Å². The molecule has 2 bridgehead atoms. The lowest BCUT2D eigenvalue weighted by atomic mass is 9.73. The molecule has 3 heterocycles. The average molecular weight is 432 g/mol. The number of aliphatic hydroxyl groups excluding tert-OH is 2. The molecule has 31 heavy (non-hydrogen) atoms. The van der Waals surface area contributed by atoms with Crippen molar-refractivity contribution in [2.75, 3.05) is 26.9 Å². The zero-order chi connectivity index (χ0) is 22.1. The second kappa shape index (κ2) is 9.18. The highest BCUT2D eigenvalue weighted by Gasteiger charge is 2.55. The fourth-order valence-electron chi connectivity index (χ4n) is 6.14. The lowest BCUT2D eigenvalue weighted by Crippen LogP contribution is -2.58. The Labute approximate surface area is 185 Å². The molecule has 0 spiro atoms. The van der Waals surface area contributed by atoms with Gasteiger partial charge in [0.05, 0.1) is 17.2 Å². The number of amides is 1. The normalized spacial score (nSPS) is 36.6. The SMILES string of the molecule is CN(C(=O)C1CCOCC1)[C@H]1CC[C@@]2(CCO)C[C@H](c3ccccc3)C[C@](C)(O2)[C@@H]1O. The minimum absolute atomic E-state index is 0.0363. The van der Waals surface area contributed by atoms with E-state index < -0.39 is 17.3 Å². The number of aliphatic hydroxyl groups is 2. The van der Waals surface area contributed by atoms with Crippen LogP contribution in [-0.2, 0) is 14.3 Å². The molecule has 1 aromatic rings. The van der Waals surface area contributed by atoms with Crippen molar-refractivity contribution >= 4 is 5.91 Å². The third kappa shape index (κ3) is 4.54. The van der Waals surface area contributed by atoms with Gasteiger partial charge in [-0.1, -0.05) is 30.3 Å². The van der Waals surface area contributed by atoms with Crippen molar-refractivity contribution in [3.8, 4) is 0 Å². The zero-order valence-electron chi connectivity index (χ0n) is 18.8. The first-order valence-electron chi connectivity index (χ1n) is 11.8. The molecule has 0 saturated carbocycles. The van der Waals surface area contributed by atoms with Crippen LogP contribution in [0.15, 0.2) is 30.3 Å². The summed E-state index contributed by atoms with van der Waals surface area (Å²) >= 11 is 0. The molecule has 0 aliphatic carbocycles. The number of rotatable bonds is 5. The maximum Gasteiger partial charge on any atom is 0.225 e. The number of fused-ring (bicyclic) bond motifs is 2. The Bertz CT molecular complexity index is 752. The lowest BCUT2D eigenvalue weighted by molar-refractivity contribution is -0.226. The van der Waals surface area contributed by atoms with Crippen LogP contribution in [0.1, 0.15) is 63.4 Å². The Hall–Kier alpha value is -1.47. The van der Waals surface area contributed by atoms with Crippen molar-refractivity contribution in [3.63, 3.8) is 0 Å². The standard InChI is InChI=1S/C25H37NO5/c1-24-16-20(18-6-4-3-5-7-18)17-25(31-24,12-13-27)11-8-21(22(24)28)26(2)23(29)19-9-14-30-15-10-19/h3-7,19-22,27-28H,8-17H2,1-2H3/t20-,21+,22-,24+,25-/m1/s1. The molecule has 0 unspecified atom stereocenters. The van der Waals surface area contributed by atoms with E-state index in [1.54, 1.807) is 4.90 Å². The fourth-order valence-corrected chi connectivity index (χ4v) is 6.14. The van der Waals surface area contributed by atoms with Gasteiger partial charge < -0.3 is 24.6 Å². The van der Waals surface area contributed by atoms with Gasteiger partial charge in [0.2, 0.25) is 5.91 Å². The zero-order valence-corrected chi connectivity index (χ0v) is 18.8. The van der Waals surface area contributed by atoms with Crippen LogP contribution in [0.5, 0.6) is 0 Å². The molecule has 3 saturated heterocycles. The number of hydrogen-bond donors (Lipinski definition) is 2. The first-order chi connectivity index (χ1) is 14.9. The third-order valence-electron chi connectivity index (χ3n) is 7.86. The summed E-state index contributed by atoms with van der Waals surface area (Å²) in [5.41, 5.74) is -0.0171. The molecule has 2 N–H and O–H groups in total. The maximum atomic E-state index is 13.2.